The summed E-state index contributed by atoms with van der Waals surface area (Å²) >= 11 is 0. The van der Waals surface area contributed by atoms with Crippen molar-refractivity contribution in [3.63, 3.8) is 0 Å². The van der Waals surface area contributed by atoms with Gasteiger partial charge in [-0.1, -0.05) is 56.3 Å². The fourth-order valence-electron chi connectivity index (χ4n) is 4.53. The fourth-order valence-corrected chi connectivity index (χ4v) is 4.53. The standard InChI is InChI=1S/C25H31N5O2/c1-16(2)14-25(3)22(31)30(23(26)29-25)15-17-8-7-11-19(12-17)27-24(32)28-21-13-20(21)18-9-5-4-6-10-18/h4-12,16,20-21H,13-15H2,1-3H3,(H2,26,29)(H2,27,28,32)/t20-,21?,25?/m0/s1. The van der Waals surface area contributed by atoms with E-state index in [1.54, 1.807) is 0 Å². The van der Waals surface area contributed by atoms with Crippen molar-refractivity contribution in [3.05, 3.63) is 65.7 Å². The lowest BCUT2D eigenvalue weighted by Crippen LogP contribution is -2.43. The molecule has 2 aromatic rings. The molecule has 1 aliphatic carbocycles. The lowest BCUT2D eigenvalue weighted by Gasteiger charge is -2.23. The van der Waals surface area contributed by atoms with Crippen LogP contribution in [0.2, 0.25) is 0 Å². The highest BCUT2D eigenvalue weighted by Crippen LogP contribution is 2.40. The summed E-state index contributed by atoms with van der Waals surface area (Å²) in [6.45, 7) is 6.29. The Labute approximate surface area is 189 Å². The van der Waals surface area contributed by atoms with Gasteiger partial charge in [0.1, 0.15) is 5.54 Å². The smallest absolute Gasteiger partial charge is 0.319 e. The molecule has 4 N–H and O–H groups in total. The molecule has 1 heterocycles. The zero-order valence-corrected chi connectivity index (χ0v) is 18.8. The molecule has 32 heavy (non-hydrogen) atoms. The first-order valence-corrected chi connectivity index (χ1v) is 11.1. The van der Waals surface area contributed by atoms with E-state index in [0.717, 1.165) is 12.0 Å². The van der Waals surface area contributed by atoms with Gasteiger partial charge in [0.2, 0.25) is 0 Å². The van der Waals surface area contributed by atoms with Crippen LogP contribution in [0.25, 0.3) is 0 Å². The van der Waals surface area contributed by atoms with Gasteiger partial charge in [-0.05, 0) is 48.9 Å². The van der Waals surface area contributed by atoms with Crippen LogP contribution in [0.15, 0.2) is 59.6 Å². The van der Waals surface area contributed by atoms with E-state index in [9.17, 15) is 9.59 Å². The summed E-state index contributed by atoms with van der Waals surface area (Å²) in [5.41, 5.74) is 8.06. The Morgan fingerprint density at radius 1 is 1.22 bits per heavy atom. The number of hydrogen-bond acceptors (Lipinski definition) is 4. The number of carbonyl (C=O) groups excluding carboxylic acids is 2. The molecule has 0 aromatic heterocycles. The van der Waals surface area contributed by atoms with E-state index >= 15 is 0 Å². The number of nitrogens with one attached hydrogen (secondary N) is 2. The van der Waals surface area contributed by atoms with Crippen LogP contribution in [-0.4, -0.2) is 34.4 Å². The molecular formula is C25H31N5O2. The Kier molecular flexibility index (Phi) is 5.91. The summed E-state index contributed by atoms with van der Waals surface area (Å²) in [6.07, 6.45) is 1.60. The predicted octanol–water partition coefficient (Wildman–Crippen LogP) is 3.83. The van der Waals surface area contributed by atoms with Crippen molar-refractivity contribution in [2.24, 2.45) is 16.6 Å². The maximum Gasteiger partial charge on any atom is 0.319 e. The predicted molar refractivity (Wildman–Crippen MR) is 126 cm³/mol. The van der Waals surface area contributed by atoms with Crippen LogP contribution in [0.3, 0.4) is 0 Å². The third-order valence-electron chi connectivity index (χ3n) is 6.01. The molecule has 1 aliphatic heterocycles. The second kappa shape index (κ2) is 8.65. The minimum atomic E-state index is -0.812. The van der Waals surface area contributed by atoms with Crippen molar-refractivity contribution in [2.75, 3.05) is 5.32 Å². The monoisotopic (exact) mass is 433 g/mol. The molecule has 0 spiro atoms. The molecule has 2 aliphatic rings. The van der Waals surface area contributed by atoms with Crippen LogP contribution >= 0.6 is 0 Å². The minimum Gasteiger partial charge on any atom is -0.369 e. The first kappa shape index (κ1) is 21.9. The summed E-state index contributed by atoms with van der Waals surface area (Å²) in [4.78, 5) is 31.4. The fraction of sp³-hybridized carbons (Fsp3) is 0.400. The Balaban J connectivity index is 1.34. The van der Waals surface area contributed by atoms with Crippen LogP contribution in [0.4, 0.5) is 10.5 Å². The molecule has 3 amide bonds. The summed E-state index contributed by atoms with van der Waals surface area (Å²) in [6, 6.07) is 17.6. The lowest BCUT2D eigenvalue weighted by molar-refractivity contribution is -0.131. The number of benzene rings is 2. The number of rotatable bonds is 7. The molecule has 4 rings (SSSR count). The van der Waals surface area contributed by atoms with E-state index in [1.165, 1.54) is 10.5 Å². The van der Waals surface area contributed by atoms with Gasteiger partial charge in [0.05, 0.1) is 6.54 Å². The molecular weight excluding hydrogens is 402 g/mol. The van der Waals surface area contributed by atoms with Crippen LogP contribution in [0.5, 0.6) is 0 Å². The first-order valence-electron chi connectivity index (χ1n) is 11.1. The van der Waals surface area contributed by atoms with Crippen molar-refractivity contribution < 1.29 is 9.59 Å². The van der Waals surface area contributed by atoms with E-state index in [-0.39, 0.29) is 23.9 Å². The first-order chi connectivity index (χ1) is 15.2. The average molecular weight is 434 g/mol. The largest absolute Gasteiger partial charge is 0.369 e. The Hall–Kier alpha value is -3.35. The number of guanidine groups is 1. The lowest BCUT2D eigenvalue weighted by atomic mass is 9.91. The van der Waals surface area contributed by atoms with Gasteiger partial charge in [-0.3, -0.25) is 9.69 Å². The van der Waals surface area contributed by atoms with Crippen molar-refractivity contribution in [1.82, 2.24) is 10.2 Å². The van der Waals surface area contributed by atoms with E-state index < -0.39 is 5.54 Å². The average Bonchev–Trinajstić information content (AvgIpc) is 3.46. The minimum absolute atomic E-state index is 0.0829. The van der Waals surface area contributed by atoms with Crippen LogP contribution in [-0.2, 0) is 11.3 Å². The van der Waals surface area contributed by atoms with Crippen LogP contribution in [0.1, 0.15) is 50.7 Å². The van der Waals surface area contributed by atoms with Gasteiger partial charge in [-0.25, -0.2) is 9.79 Å². The molecule has 168 valence electrons. The van der Waals surface area contributed by atoms with Crippen molar-refractivity contribution >= 4 is 23.6 Å². The zero-order chi connectivity index (χ0) is 22.9. The van der Waals surface area contributed by atoms with Crippen molar-refractivity contribution in [3.8, 4) is 0 Å². The second-order valence-corrected chi connectivity index (χ2v) is 9.39. The summed E-state index contributed by atoms with van der Waals surface area (Å²) in [7, 11) is 0. The molecule has 2 aromatic carbocycles. The molecule has 3 atom stereocenters. The van der Waals surface area contributed by atoms with Gasteiger partial charge >= 0.3 is 6.03 Å². The zero-order valence-electron chi connectivity index (χ0n) is 18.8. The number of aliphatic imine (C=N–C) groups is 1. The summed E-state index contributed by atoms with van der Waals surface area (Å²) < 4.78 is 0. The number of amides is 3. The third-order valence-corrected chi connectivity index (χ3v) is 6.01. The number of carbonyl (C=O) groups is 2. The Morgan fingerprint density at radius 2 is 1.97 bits per heavy atom. The second-order valence-electron chi connectivity index (χ2n) is 9.39. The number of nitrogens with zero attached hydrogens (tertiary/aromatic N) is 2. The number of nitrogens with two attached hydrogens (primary N) is 1. The van der Waals surface area contributed by atoms with Crippen LogP contribution in [0, 0.1) is 5.92 Å². The van der Waals surface area contributed by atoms with Crippen molar-refractivity contribution in [1.29, 1.82) is 0 Å². The normalized spacial score (nSPS) is 24.4. The van der Waals surface area contributed by atoms with Crippen molar-refractivity contribution in [2.45, 2.75) is 57.7 Å². The molecule has 0 radical (unpaired) electrons. The van der Waals surface area contributed by atoms with Gasteiger partial charge < -0.3 is 16.4 Å². The molecule has 7 nitrogen and oxygen atoms in total. The maximum atomic E-state index is 13.0. The molecule has 0 saturated heterocycles. The highest BCUT2D eigenvalue weighted by Gasteiger charge is 2.44. The van der Waals surface area contributed by atoms with E-state index in [0.29, 0.717) is 30.5 Å². The maximum absolute atomic E-state index is 13.0. The molecule has 0 bridgehead atoms. The van der Waals surface area contributed by atoms with Gasteiger partial charge in [-0.15, -0.1) is 0 Å². The molecule has 1 saturated carbocycles. The SMILES string of the molecule is CC(C)CC1(C)N=C(N)N(Cc2cccc(NC(=O)NC3C[C@H]3c3ccccc3)c2)C1=O. The number of anilines is 1. The number of urea groups is 1. The highest BCUT2D eigenvalue weighted by molar-refractivity contribution is 6.06. The molecule has 1 fully saturated rings. The van der Waals surface area contributed by atoms with Gasteiger partial charge in [0, 0.05) is 17.6 Å². The van der Waals surface area contributed by atoms with Gasteiger partial charge in [0.25, 0.3) is 5.91 Å². The quantitative estimate of drug-likeness (QED) is 0.619. The topological polar surface area (TPSA) is 99.8 Å². The van der Waals surface area contributed by atoms with Gasteiger partial charge in [0.15, 0.2) is 5.96 Å². The summed E-state index contributed by atoms with van der Waals surface area (Å²) in [5, 5.41) is 5.93. The molecule has 2 unspecified atom stereocenters. The summed E-state index contributed by atoms with van der Waals surface area (Å²) in [5.74, 6) is 0.867. The molecule has 7 heteroatoms. The number of hydrogen-bond donors (Lipinski definition) is 3. The van der Waals surface area contributed by atoms with E-state index in [1.807, 2.05) is 49.4 Å². The van der Waals surface area contributed by atoms with Crippen LogP contribution < -0.4 is 16.4 Å². The highest BCUT2D eigenvalue weighted by atomic mass is 16.2. The Morgan fingerprint density at radius 3 is 2.69 bits per heavy atom. The van der Waals surface area contributed by atoms with Gasteiger partial charge in [-0.2, -0.15) is 0 Å². The van der Waals surface area contributed by atoms with E-state index in [4.69, 9.17) is 5.73 Å². The Bertz CT molecular complexity index is 1040. The van der Waals surface area contributed by atoms with E-state index in [2.05, 4.69) is 41.6 Å². The third kappa shape index (κ3) is 4.77.